The predicted molar refractivity (Wildman–Crippen MR) is 114 cm³/mol. The summed E-state index contributed by atoms with van der Waals surface area (Å²) in [4.78, 5) is 14.2. The van der Waals surface area contributed by atoms with Crippen molar-refractivity contribution in [1.82, 2.24) is 5.43 Å². The molecule has 7 nitrogen and oxygen atoms in total. The highest BCUT2D eigenvalue weighted by Gasteiger charge is 2.19. The molecule has 3 rings (SSSR count). The summed E-state index contributed by atoms with van der Waals surface area (Å²) in [7, 11) is 3.24. The van der Waals surface area contributed by atoms with Crippen LogP contribution in [0.1, 0.15) is 18.4 Å². The number of rotatable bonds is 8. The van der Waals surface area contributed by atoms with Crippen LogP contribution in [0.5, 0.6) is 17.2 Å². The normalized spacial score (nSPS) is 13.6. The Balaban J connectivity index is 1.64. The van der Waals surface area contributed by atoms with Crippen molar-refractivity contribution in [1.29, 1.82) is 0 Å². The number of methoxy groups -OCH3 is 2. The summed E-state index contributed by atoms with van der Waals surface area (Å²) < 4.78 is 16.4. The maximum absolute atomic E-state index is 12.0. The Bertz CT molecular complexity index is 882. The Morgan fingerprint density at radius 3 is 2.55 bits per heavy atom. The zero-order valence-electron chi connectivity index (χ0n) is 16.5. The van der Waals surface area contributed by atoms with E-state index in [-0.39, 0.29) is 6.61 Å². The molecular weight excluding hydrogens is 394 g/mol. The summed E-state index contributed by atoms with van der Waals surface area (Å²) in [6.07, 6.45) is 3.84. The molecule has 8 heteroatoms. The smallest absolute Gasteiger partial charge is 0.277 e. The van der Waals surface area contributed by atoms with Crippen molar-refractivity contribution in [2.45, 2.75) is 12.8 Å². The van der Waals surface area contributed by atoms with E-state index in [1.165, 1.54) is 6.21 Å². The Hall–Kier alpha value is -2.93. The Morgan fingerprint density at radius 1 is 1.14 bits per heavy atom. The third kappa shape index (κ3) is 5.32. The fourth-order valence-corrected chi connectivity index (χ4v) is 3.31. The third-order valence-electron chi connectivity index (χ3n) is 4.57. The molecule has 1 saturated heterocycles. The van der Waals surface area contributed by atoms with Gasteiger partial charge in [-0.1, -0.05) is 23.7 Å². The Kier molecular flexibility index (Phi) is 7.19. The van der Waals surface area contributed by atoms with Crippen LogP contribution in [0.2, 0.25) is 5.02 Å². The lowest BCUT2D eigenvalue weighted by Crippen LogP contribution is -2.24. The molecule has 0 radical (unpaired) electrons. The van der Waals surface area contributed by atoms with Gasteiger partial charge in [0, 0.05) is 24.7 Å². The molecule has 1 fully saturated rings. The molecule has 1 aliphatic rings. The molecule has 1 N–H and O–H groups in total. The first-order chi connectivity index (χ1) is 14.1. The van der Waals surface area contributed by atoms with Crippen LogP contribution in [-0.4, -0.2) is 46.0 Å². The molecule has 2 aromatic carbocycles. The minimum Gasteiger partial charge on any atom is -0.496 e. The van der Waals surface area contributed by atoms with Gasteiger partial charge in [0.2, 0.25) is 0 Å². The van der Waals surface area contributed by atoms with Crippen molar-refractivity contribution in [3.05, 3.63) is 47.0 Å². The van der Waals surface area contributed by atoms with Crippen LogP contribution in [-0.2, 0) is 4.79 Å². The quantitative estimate of drug-likeness (QED) is 0.525. The van der Waals surface area contributed by atoms with E-state index in [9.17, 15) is 4.79 Å². The summed E-state index contributed by atoms with van der Waals surface area (Å²) in [5, 5.41) is 4.44. The van der Waals surface area contributed by atoms with E-state index in [1.807, 2.05) is 12.1 Å². The lowest BCUT2D eigenvalue weighted by Gasteiger charge is -2.22. The molecule has 1 aliphatic heterocycles. The zero-order chi connectivity index (χ0) is 20.6. The fraction of sp³-hybridized carbons (Fsp3) is 0.333. The molecule has 0 aromatic heterocycles. The number of benzene rings is 2. The van der Waals surface area contributed by atoms with E-state index >= 15 is 0 Å². The zero-order valence-corrected chi connectivity index (χ0v) is 17.2. The van der Waals surface area contributed by atoms with Crippen LogP contribution in [0.3, 0.4) is 0 Å². The maximum Gasteiger partial charge on any atom is 0.277 e. The van der Waals surface area contributed by atoms with Gasteiger partial charge in [0.15, 0.2) is 6.61 Å². The van der Waals surface area contributed by atoms with Crippen LogP contribution in [0.25, 0.3) is 0 Å². The molecular formula is C21H24ClN3O4. The Labute approximate surface area is 175 Å². The largest absolute Gasteiger partial charge is 0.496 e. The van der Waals surface area contributed by atoms with Gasteiger partial charge in [-0.2, -0.15) is 5.10 Å². The number of hydrogen-bond donors (Lipinski definition) is 1. The second-order valence-corrected chi connectivity index (χ2v) is 6.88. The van der Waals surface area contributed by atoms with Gasteiger partial charge in [-0.05, 0) is 31.0 Å². The Morgan fingerprint density at radius 2 is 1.86 bits per heavy atom. The average Bonchev–Trinajstić information content (AvgIpc) is 3.27. The highest BCUT2D eigenvalue weighted by Crippen LogP contribution is 2.36. The third-order valence-corrected chi connectivity index (χ3v) is 4.88. The SMILES string of the molecule is COc1cc(N2CCCC2)c(OC)cc1/C=N/NC(=O)COc1ccccc1Cl. The molecule has 1 amide bonds. The number of ether oxygens (including phenoxy) is 3. The van der Waals surface area contributed by atoms with Gasteiger partial charge in [-0.15, -0.1) is 0 Å². The fourth-order valence-electron chi connectivity index (χ4n) is 3.12. The van der Waals surface area contributed by atoms with Gasteiger partial charge < -0.3 is 19.1 Å². The molecule has 29 heavy (non-hydrogen) atoms. The van der Waals surface area contributed by atoms with Crippen LogP contribution in [0.4, 0.5) is 5.69 Å². The standard InChI is InChI=1S/C21H24ClN3O4/c1-27-19-12-17(25-9-5-6-10-25)20(28-2)11-15(19)13-23-24-21(26)14-29-18-8-4-3-7-16(18)22/h3-4,7-8,11-13H,5-6,9-10,14H2,1-2H3,(H,24,26)/b23-13+. The van der Waals surface area contributed by atoms with Crippen LogP contribution in [0.15, 0.2) is 41.5 Å². The molecule has 0 unspecified atom stereocenters. The minimum absolute atomic E-state index is 0.199. The molecule has 0 bridgehead atoms. The van der Waals surface area contributed by atoms with Gasteiger partial charge in [-0.25, -0.2) is 5.43 Å². The van der Waals surface area contributed by atoms with Crippen LogP contribution in [0, 0.1) is 0 Å². The van der Waals surface area contributed by atoms with E-state index < -0.39 is 5.91 Å². The van der Waals surface area contributed by atoms with E-state index in [0.29, 0.717) is 22.1 Å². The van der Waals surface area contributed by atoms with E-state index in [4.69, 9.17) is 25.8 Å². The maximum atomic E-state index is 12.0. The molecule has 154 valence electrons. The van der Waals surface area contributed by atoms with Gasteiger partial charge in [0.25, 0.3) is 5.91 Å². The van der Waals surface area contributed by atoms with Crippen molar-refractivity contribution in [2.24, 2.45) is 5.10 Å². The number of nitrogens with one attached hydrogen (secondary N) is 1. The number of nitrogens with zero attached hydrogens (tertiary/aromatic N) is 2. The number of hydrazone groups is 1. The van der Waals surface area contributed by atoms with Crippen molar-refractivity contribution in [3.8, 4) is 17.2 Å². The van der Waals surface area contributed by atoms with Crippen LogP contribution < -0.4 is 24.5 Å². The molecule has 1 heterocycles. The predicted octanol–water partition coefficient (Wildman–Crippen LogP) is 3.49. The first-order valence-electron chi connectivity index (χ1n) is 9.32. The molecule has 0 saturated carbocycles. The minimum atomic E-state index is -0.402. The molecule has 0 spiro atoms. The van der Waals surface area contributed by atoms with Gasteiger partial charge in [0.1, 0.15) is 17.2 Å². The number of amides is 1. The van der Waals surface area contributed by atoms with E-state index in [1.54, 1.807) is 38.5 Å². The summed E-state index contributed by atoms with van der Waals surface area (Å²) >= 11 is 6.00. The second kappa shape index (κ2) is 10.0. The van der Waals surface area contributed by atoms with Gasteiger partial charge >= 0.3 is 0 Å². The first-order valence-corrected chi connectivity index (χ1v) is 9.70. The molecule has 0 atom stereocenters. The van der Waals surface area contributed by atoms with Crippen molar-refractivity contribution in [3.63, 3.8) is 0 Å². The molecule has 0 aliphatic carbocycles. The number of para-hydroxylation sites is 1. The van der Waals surface area contributed by atoms with Gasteiger partial charge in [-0.3, -0.25) is 4.79 Å². The summed E-state index contributed by atoms with van der Waals surface area (Å²) in [6, 6.07) is 10.7. The second-order valence-electron chi connectivity index (χ2n) is 6.47. The van der Waals surface area contributed by atoms with Crippen molar-refractivity contribution >= 4 is 29.4 Å². The number of halogens is 1. The van der Waals surface area contributed by atoms with E-state index in [0.717, 1.165) is 37.4 Å². The number of carbonyl (C=O) groups is 1. The monoisotopic (exact) mass is 417 g/mol. The van der Waals surface area contributed by atoms with Crippen molar-refractivity contribution in [2.75, 3.05) is 38.8 Å². The first kappa shape index (κ1) is 20.8. The number of carbonyl (C=O) groups excluding carboxylic acids is 1. The van der Waals surface area contributed by atoms with Crippen molar-refractivity contribution < 1.29 is 19.0 Å². The summed E-state index contributed by atoms with van der Waals surface area (Å²) in [5.41, 5.74) is 4.13. The topological polar surface area (TPSA) is 72.4 Å². The lowest BCUT2D eigenvalue weighted by molar-refractivity contribution is -0.123. The van der Waals surface area contributed by atoms with Crippen LogP contribution >= 0.6 is 11.6 Å². The lowest BCUT2D eigenvalue weighted by atomic mass is 10.1. The highest BCUT2D eigenvalue weighted by molar-refractivity contribution is 6.32. The average molecular weight is 418 g/mol. The summed E-state index contributed by atoms with van der Waals surface area (Å²) in [6.45, 7) is 1.79. The highest BCUT2D eigenvalue weighted by atomic mass is 35.5. The van der Waals surface area contributed by atoms with E-state index in [2.05, 4.69) is 15.4 Å². The summed E-state index contributed by atoms with van der Waals surface area (Å²) in [5.74, 6) is 1.43. The molecule has 2 aromatic rings. The number of anilines is 1. The number of hydrogen-bond acceptors (Lipinski definition) is 6. The van der Waals surface area contributed by atoms with Gasteiger partial charge in [0.05, 0.1) is 31.1 Å².